The third kappa shape index (κ3) is 6.65. The van der Waals surface area contributed by atoms with Crippen molar-refractivity contribution < 1.29 is 9.53 Å². The number of benzene rings is 2. The van der Waals surface area contributed by atoms with Crippen molar-refractivity contribution in [1.82, 2.24) is 10.2 Å². The highest BCUT2D eigenvalue weighted by Gasteiger charge is 2.21. The Morgan fingerprint density at radius 1 is 1.15 bits per heavy atom. The Hall–Kier alpha value is -1.88. The van der Waals surface area contributed by atoms with Crippen LogP contribution < -0.4 is 5.32 Å². The van der Waals surface area contributed by atoms with E-state index in [-0.39, 0.29) is 5.91 Å². The first kappa shape index (κ1) is 19.9. The molecule has 1 aliphatic heterocycles. The van der Waals surface area contributed by atoms with Crippen LogP contribution in [0.15, 0.2) is 54.6 Å². The van der Waals surface area contributed by atoms with Gasteiger partial charge in [0.2, 0.25) is 5.91 Å². The summed E-state index contributed by atoms with van der Waals surface area (Å²) in [5.41, 5.74) is 2.14. The predicted molar refractivity (Wildman–Crippen MR) is 109 cm³/mol. The van der Waals surface area contributed by atoms with Crippen LogP contribution in [0.5, 0.6) is 0 Å². The summed E-state index contributed by atoms with van der Waals surface area (Å²) in [7, 11) is 0. The van der Waals surface area contributed by atoms with Gasteiger partial charge in [-0.05, 0) is 42.5 Å². The molecule has 0 aromatic heterocycles. The number of hydrogen-bond acceptors (Lipinski definition) is 3. The van der Waals surface area contributed by atoms with E-state index in [1.165, 1.54) is 5.56 Å². The molecule has 1 aliphatic rings. The third-order valence-corrected chi connectivity index (χ3v) is 5.24. The fourth-order valence-corrected chi connectivity index (χ4v) is 3.65. The van der Waals surface area contributed by atoms with Crippen LogP contribution in [0.1, 0.15) is 24.0 Å². The number of carbonyl (C=O) groups excluding carboxylic acids is 1. The highest BCUT2D eigenvalue weighted by Crippen LogP contribution is 2.18. The van der Waals surface area contributed by atoms with Gasteiger partial charge in [-0.3, -0.25) is 9.69 Å². The van der Waals surface area contributed by atoms with E-state index in [0.29, 0.717) is 30.6 Å². The van der Waals surface area contributed by atoms with Crippen LogP contribution in [0, 0.1) is 5.92 Å². The maximum atomic E-state index is 12.3. The van der Waals surface area contributed by atoms with Gasteiger partial charge in [0.25, 0.3) is 0 Å². The van der Waals surface area contributed by atoms with E-state index < -0.39 is 0 Å². The lowest BCUT2D eigenvalue weighted by Crippen LogP contribution is -2.43. The van der Waals surface area contributed by atoms with Crippen LogP contribution in [0.4, 0.5) is 0 Å². The summed E-state index contributed by atoms with van der Waals surface area (Å²) in [6.07, 6.45) is 2.27. The molecule has 0 spiro atoms. The van der Waals surface area contributed by atoms with Gasteiger partial charge in [-0.25, -0.2) is 0 Å². The molecule has 5 heteroatoms. The number of hydrogen-bond donors (Lipinski definition) is 1. The normalized spacial score (nSPS) is 17.6. The zero-order valence-corrected chi connectivity index (χ0v) is 16.3. The predicted octanol–water partition coefficient (Wildman–Crippen LogP) is 3.89. The van der Waals surface area contributed by atoms with Crippen molar-refractivity contribution in [1.29, 1.82) is 0 Å². The van der Waals surface area contributed by atoms with E-state index in [4.69, 9.17) is 16.3 Å². The SMILES string of the molecule is O=C(CN1CCCC(COCc2ccccc2)C1)NCc1ccccc1Cl. The van der Waals surface area contributed by atoms with Gasteiger partial charge in [0, 0.05) is 18.1 Å². The lowest BCUT2D eigenvalue weighted by atomic mass is 9.99. The number of rotatable bonds is 8. The molecule has 1 amide bonds. The van der Waals surface area contributed by atoms with Crippen LogP contribution >= 0.6 is 11.6 Å². The molecule has 1 heterocycles. The molecule has 0 radical (unpaired) electrons. The number of nitrogens with zero attached hydrogens (tertiary/aromatic N) is 1. The van der Waals surface area contributed by atoms with Crippen molar-refractivity contribution in [2.24, 2.45) is 5.92 Å². The first-order valence-corrected chi connectivity index (χ1v) is 9.92. The average Bonchev–Trinajstić information content (AvgIpc) is 2.68. The van der Waals surface area contributed by atoms with E-state index in [0.717, 1.165) is 38.1 Å². The van der Waals surface area contributed by atoms with Crippen LogP contribution in [-0.4, -0.2) is 37.0 Å². The van der Waals surface area contributed by atoms with Crippen molar-refractivity contribution >= 4 is 17.5 Å². The summed E-state index contributed by atoms with van der Waals surface area (Å²) in [5, 5.41) is 3.66. The van der Waals surface area contributed by atoms with E-state index in [1.54, 1.807) is 0 Å². The largest absolute Gasteiger partial charge is 0.376 e. The second-order valence-corrected chi connectivity index (χ2v) is 7.52. The maximum absolute atomic E-state index is 12.3. The van der Waals surface area contributed by atoms with Gasteiger partial charge in [-0.1, -0.05) is 60.1 Å². The monoisotopic (exact) mass is 386 g/mol. The summed E-state index contributed by atoms with van der Waals surface area (Å²) < 4.78 is 5.89. The Bertz CT molecular complexity index is 723. The maximum Gasteiger partial charge on any atom is 0.234 e. The van der Waals surface area contributed by atoms with Gasteiger partial charge in [0.1, 0.15) is 0 Å². The van der Waals surface area contributed by atoms with E-state index >= 15 is 0 Å². The fraction of sp³-hybridized carbons (Fsp3) is 0.409. The molecule has 0 aliphatic carbocycles. The Labute approximate surface area is 166 Å². The van der Waals surface area contributed by atoms with Gasteiger partial charge < -0.3 is 10.1 Å². The quantitative estimate of drug-likeness (QED) is 0.748. The molecule has 3 rings (SSSR count). The Morgan fingerprint density at radius 2 is 1.93 bits per heavy atom. The van der Waals surface area contributed by atoms with Crippen LogP contribution in [-0.2, 0) is 22.7 Å². The first-order valence-electron chi connectivity index (χ1n) is 9.55. The van der Waals surface area contributed by atoms with Gasteiger partial charge in [-0.2, -0.15) is 0 Å². The summed E-state index contributed by atoms with van der Waals surface area (Å²) in [4.78, 5) is 14.5. The summed E-state index contributed by atoms with van der Waals surface area (Å²) >= 11 is 6.14. The first-order chi connectivity index (χ1) is 13.2. The van der Waals surface area contributed by atoms with Crippen LogP contribution in [0.3, 0.4) is 0 Å². The highest BCUT2D eigenvalue weighted by atomic mass is 35.5. The molecule has 1 saturated heterocycles. The minimum absolute atomic E-state index is 0.0424. The molecule has 4 nitrogen and oxygen atoms in total. The number of nitrogens with one attached hydrogen (secondary N) is 1. The second kappa shape index (κ2) is 10.5. The van der Waals surface area contributed by atoms with E-state index in [1.807, 2.05) is 42.5 Å². The van der Waals surface area contributed by atoms with Gasteiger partial charge in [0.05, 0.1) is 19.8 Å². The lowest BCUT2D eigenvalue weighted by molar-refractivity contribution is -0.123. The van der Waals surface area contributed by atoms with Crippen molar-refractivity contribution in [2.45, 2.75) is 26.0 Å². The molecule has 1 atom stereocenters. The number of amides is 1. The van der Waals surface area contributed by atoms with Gasteiger partial charge in [0.15, 0.2) is 0 Å². The number of carbonyl (C=O) groups is 1. The molecule has 0 saturated carbocycles. The van der Waals surface area contributed by atoms with Crippen molar-refractivity contribution in [3.05, 3.63) is 70.7 Å². The van der Waals surface area contributed by atoms with Crippen LogP contribution in [0.2, 0.25) is 5.02 Å². The molecule has 1 fully saturated rings. The van der Waals surface area contributed by atoms with Gasteiger partial charge in [-0.15, -0.1) is 0 Å². The summed E-state index contributed by atoms with van der Waals surface area (Å²) in [6.45, 7) is 4.17. The lowest BCUT2D eigenvalue weighted by Gasteiger charge is -2.32. The van der Waals surface area contributed by atoms with E-state index in [9.17, 15) is 4.79 Å². The zero-order valence-electron chi connectivity index (χ0n) is 15.6. The number of halogens is 1. The Kier molecular flexibility index (Phi) is 7.69. The molecular weight excluding hydrogens is 360 g/mol. The minimum atomic E-state index is 0.0424. The van der Waals surface area contributed by atoms with Crippen molar-refractivity contribution in [2.75, 3.05) is 26.2 Å². The van der Waals surface area contributed by atoms with Crippen molar-refractivity contribution in [3.8, 4) is 0 Å². The molecule has 1 N–H and O–H groups in total. The molecule has 2 aromatic rings. The second-order valence-electron chi connectivity index (χ2n) is 7.11. The molecular formula is C22H27ClN2O2. The molecule has 1 unspecified atom stereocenters. The highest BCUT2D eigenvalue weighted by molar-refractivity contribution is 6.31. The van der Waals surface area contributed by atoms with Gasteiger partial charge >= 0.3 is 0 Å². The number of likely N-dealkylation sites (tertiary alicyclic amines) is 1. The fourth-order valence-electron chi connectivity index (χ4n) is 3.44. The third-order valence-electron chi connectivity index (χ3n) is 4.87. The van der Waals surface area contributed by atoms with Crippen molar-refractivity contribution in [3.63, 3.8) is 0 Å². The Balaban J connectivity index is 1.37. The topological polar surface area (TPSA) is 41.6 Å². The smallest absolute Gasteiger partial charge is 0.234 e. The standard InChI is InChI=1S/C22H27ClN2O2/c23-21-11-5-4-10-20(21)13-24-22(26)15-25-12-6-9-19(14-25)17-27-16-18-7-2-1-3-8-18/h1-5,7-8,10-11,19H,6,9,12-17H2,(H,24,26). The molecule has 0 bridgehead atoms. The Morgan fingerprint density at radius 3 is 2.74 bits per heavy atom. The average molecular weight is 387 g/mol. The number of ether oxygens (including phenoxy) is 1. The van der Waals surface area contributed by atoms with Crippen LogP contribution in [0.25, 0.3) is 0 Å². The minimum Gasteiger partial charge on any atom is -0.376 e. The zero-order chi connectivity index (χ0) is 18.9. The molecule has 2 aromatic carbocycles. The molecule has 144 valence electrons. The summed E-state index contributed by atoms with van der Waals surface area (Å²) in [5.74, 6) is 0.527. The summed E-state index contributed by atoms with van der Waals surface area (Å²) in [6, 6.07) is 17.8. The number of piperidine rings is 1. The van der Waals surface area contributed by atoms with E-state index in [2.05, 4.69) is 22.3 Å². The molecule has 27 heavy (non-hydrogen) atoms.